The van der Waals surface area contributed by atoms with Crippen molar-refractivity contribution < 1.29 is 8.78 Å². The van der Waals surface area contributed by atoms with E-state index in [1.165, 1.54) is 10.8 Å². The predicted octanol–water partition coefficient (Wildman–Crippen LogP) is 2.19. The number of nitrogens with zero attached hydrogens (tertiary/aromatic N) is 2. The molecule has 1 heterocycles. The lowest BCUT2D eigenvalue weighted by Crippen LogP contribution is -2.03. The first-order valence-electron chi connectivity index (χ1n) is 4.39. The van der Waals surface area contributed by atoms with E-state index in [-0.39, 0.29) is 5.69 Å². The molecule has 1 aromatic heterocycles. The van der Waals surface area contributed by atoms with Crippen molar-refractivity contribution in [1.29, 1.82) is 0 Å². The molecular weight excluding hydrogens is 200 g/mol. The largest absolute Gasteiger partial charge is 0.358 e. The van der Waals surface area contributed by atoms with E-state index in [2.05, 4.69) is 10.3 Å². The van der Waals surface area contributed by atoms with Crippen molar-refractivity contribution >= 4 is 5.95 Å². The molecule has 0 aliphatic heterocycles. The molecular formula is C10H9F2N3. The fourth-order valence-corrected chi connectivity index (χ4v) is 1.35. The summed E-state index contributed by atoms with van der Waals surface area (Å²) in [7, 11) is 1.66. The molecule has 1 aromatic carbocycles. The number of imidazole rings is 1. The molecule has 0 fully saturated rings. The third kappa shape index (κ3) is 1.68. The summed E-state index contributed by atoms with van der Waals surface area (Å²) in [6, 6.07) is 3.29. The molecule has 0 saturated carbocycles. The zero-order valence-electron chi connectivity index (χ0n) is 8.04. The molecule has 5 heteroatoms. The summed E-state index contributed by atoms with van der Waals surface area (Å²) in [5.41, 5.74) is 0.136. The lowest BCUT2D eigenvalue weighted by molar-refractivity contribution is 0.593. The van der Waals surface area contributed by atoms with Crippen molar-refractivity contribution in [3.63, 3.8) is 0 Å². The zero-order valence-corrected chi connectivity index (χ0v) is 8.04. The van der Waals surface area contributed by atoms with E-state index in [9.17, 15) is 8.78 Å². The quantitative estimate of drug-likeness (QED) is 0.821. The maximum Gasteiger partial charge on any atom is 0.207 e. The van der Waals surface area contributed by atoms with Gasteiger partial charge >= 0.3 is 0 Å². The number of nitrogens with one attached hydrogen (secondary N) is 1. The Morgan fingerprint density at radius 2 is 2.13 bits per heavy atom. The Bertz CT molecular complexity index is 479. The van der Waals surface area contributed by atoms with Crippen LogP contribution in [0, 0.1) is 11.6 Å². The molecule has 0 bridgehead atoms. The van der Waals surface area contributed by atoms with Gasteiger partial charge in [-0.3, -0.25) is 4.57 Å². The van der Waals surface area contributed by atoms with Gasteiger partial charge in [-0.05, 0) is 12.1 Å². The number of halogens is 2. The smallest absolute Gasteiger partial charge is 0.207 e. The average Bonchev–Trinajstić information content (AvgIpc) is 2.69. The van der Waals surface area contributed by atoms with Gasteiger partial charge in [-0.15, -0.1) is 0 Å². The highest BCUT2D eigenvalue weighted by Crippen LogP contribution is 2.18. The van der Waals surface area contributed by atoms with Crippen molar-refractivity contribution in [2.45, 2.75) is 0 Å². The van der Waals surface area contributed by atoms with Crippen LogP contribution < -0.4 is 5.32 Å². The molecule has 2 rings (SSSR count). The van der Waals surface area contributed by atoms with Gasteiger partial charge < -0.3 is 5.32 Å². The normalized spacial score (nSPS) is 10.3. The number of aromatic nitrogens is 2. The first-order valence-corrected chi connectivity index (χ1v) is 4.39. The van der Waals surface area contributed by atoms with E-state index >= 15 is 0 Å². The molecule has 1 N–H and O–H groups in total. The number of hydrogen-bond acceptors (Lipinski definition) is 2. The number of anilines is 1. The Labute approximate surface area is 85.4 Å². The second-order valence-electron chi connectivity index (χ2n) is 2.97. The van der Waals surface area contributed by atoms with Gasteiger partial charge in [0.25, 0.3) is 0 Å². The number of hydrogen-bond donors (Lipinski definition) is 1. The molecule has 0 atom stereocenters. The van der Waals surface area contributed by atoms with Crippen molar-refractivity contribution in [2.24, 2.45) is 0 Å². The van der Waals surface area contributed by atoms with Gasteiger partial charge in [-0.1, -0.05) is 0 Å². The molecule has 0 radical (unpaired) electrons. The minimum atomic E-state index is -0.495. The lowest BCUT2D eigenvalue weighted by Gasteiger charge is -2.07. The second kappa shape index (κ2) is 3.68. The second-order valence-corrected chi connectivity index (χ2v) is 2.97. The first kappa shape index (κ1) is 9.64. The first-order chi connectivity index (χ1) is 7.22. The van der Waals surface area contributed by atoms with Crippen LogP contribution in [0.2, 0.25) is 0 Å². The molecule has 0 aliphatic carbocycles. The SMILES string of the molecule is CNc1nccn1-c1cc(F)ccc1F. The summed E-state index contributed by atoms with van der Waals surface area (Å²) in [4.78, 5) is 3.94. The highest BCUT2D eigenvalue weighted by atomic mass is 19.1. The summed E-state index contributed by atoms with van der Waals surface area (Å²) in [5.74, 6) is -0.521. The minimum absolute atomic E-state index is 0.136. The molecule has 15 heavy (non-hydrogen) atoms. The number of rotatable bonds is 2. The predicted molar refractivity (Wildman–Crippen MR) is 53.0 cm³/mol. The van der Waals surface area contributed by atoms with Gasteiger partial charge in [-0.25, -0.2) is 13.8 Å². The highest BCUT2D eigenvalue weighted by molar-refractivity contribution is 5.42. The monoisotopic (exact) mass is 209 g/mol. The van der Waals surface area contributed by atoms with Crippen LogP contribution >= 0.6 is 0 Å². The van der Waals surface area contributed by atoms with Gasteiger partial charge in [0.2, 0.25) is 5.95 Å². The zero-order chi connectivity index (χ0) is 10.8. The van der Waals surface area contributed by atoms with Crippen molar-refractivity contribution in [3.8, 4) is 5.69 Å². The molecule has 0 amide bonds. The Balaban J connectivity index is 2.58. The van der Waals surface area contributed by atoms with Crippen molar-refractivity contribution in [1.82, 2.24) is 9.55 Å². The third-order valence-corrected chi connectivity index (χ3v) is 2.03. The minimum Gasteiger partial charge on any atom is -0.358 e. The Kier molecular flexibility index (Phi) is 2.37. The van der Waals surface area contributed by atoms with Gasteiger partial charge in [0.15, 0.2) is 0 Å². The molecule has 78 valence electrons. The fraction of sp³-hybridized carbons (Fsp3) is 0.100. The standard InChI is InChI=1S/C10H9F2N3/c1-13-10-14-4-5-15(10)9-6-7(11)2-3-8(9)12/h2-6H,1H3,(H,13,14). The van der Waals surface area contributed by atoms with Gasteiger partial charge in [0, 0.05) is 25.5 Å². The summed E-state index contributed by atoms with van der Waals surface area (Å²) < 4.78 is 27.8. The Hall–Kier alpha value is -1.91. The van der Waals surface area contributed by atoms with Crippen LogP contribution in [-0.4, -0.2) is 16.6 Å². The van der Waals surface area contributed by atoms with E-state index in [4.69, 9.17) is 0 Å². The summed E-state index contributed by atoms with van der Waals surface area (Å²) >= 11 is 0. The molecule has 3 nitrogen and oxygen atoms in total. The summed E-state index contributed by atoms with van der Waals surface area (Å²) in [5, 5.41) is 2.78. The molecule has 0 unspecified atom stereocenters. The van der Waals surface area contributed by atoms with E-state index in [1.54, 1.807) is 13.2 Å². The third-order valence-electron chi connectivity index (χ3n) is 2.03. The Morgan fingerprint density at radius 3 is 2.87 bits per heavy atom. The molecule has 2 aromatic rings. The van der Waals surface area contributed by atoms with Crippen LogP contribution in [0.25, 0.3) is 5.69 Å². The van der Waals surface area contributed by atoms with Crippen LogP contribution in [0.4, 0.5) is 14.7 Å². The lowest BCUT2D eigenvalue weighted by atomic mass is 10.3. The topological polar surface area (TPSA) is 29.9 Å². The number of benzene rings is 1. The average molecular weight is 209 g/mol. The van der Waals surface area contributed by atoms with E-state index in [1.807, 2.05) is 0 Å². The van der Waals surface area contributed by atoms with Crippen molar-refractivity contribution in [3.05, 3.63) is 42.2 Å². The van der Waals surface area contributed by atoms with Crippen molar-refractivity contribution in [2.75, 3.05) is 12.4 Å². The molecule has 0 spiro atoms. The van der Waals surface area contributed by atoms with Crippen LogP contribution in [0.3, 0.4) is 0 Å². The van der Waals surface area contributed by atoms with Crippen LogP contribution in [0.15, 0.2) is 30.6 Å². The van der Waals surface area contributed by atoms with Gasteiger partial charge in [0.1, 0.15) is 11.6 Å². The van der Waals surface area contributed by atoms with Crippen LogP contribution in [0.5, 0.6) is 0 Å². The van der Waals surface area contributed by atoms with E-state index in [0.29, 0.717) is 5.95 Å². The maximum atomic E-state index is 13.4. The van der Waals surface area contributed by atoms with Gasteiger partial charge in [0.05, 0.1) is 5.69 Å². The maximum absolute atomic E-state index is 13.4. The van der Waals surface area contributed by atoms with Gasteiger partial charge in [-0.2, -0.15) is 0 Å². The fourth-order valence-electron chi connectivity index (χ4n) is 1.35. The van der Waals surface area contributed by atoms with Crippen LogP contribution in [0.1, 0.15) is 0 Å². The highest BCUT2D eigenvalue weighted by Gasteiger charge is 2.09. The molecule has 0 aliphatic rings. The van der Waals surface area contributed by atoms with E-state index in [0.717, 1.165) is 18.2 Å². The van der Waals surface area contributed by atoms with Crippen LogP contribution in [-0.2, 0) is 0 Å². The molecule has 0 saturated heterocycles. The Morgan fingerprint density at radius 1 is 1.33 bits per heavy atom. The van der Waals surface area contributed by atoms with E-state index < -0.39 is 11.6 Å². The summed E-state index contributed by atoms with van der Waals surface area (Å²) in [6.07, 6.45) is 3.07. The summed E-state index contributed by atoms with van der Waals surface area (Å²) in [6.45, 7) is 0.